The van der Waals surface area contributed by atoms with E-state index < -0.39 is 22.6 Å². The Morgan fingerprint density at radius 2 is 1.75 bits per heavy atom. The monoisotopic (exact) mass is 415 g/mol. The van der Waals surface area contributed by atoms with Crippen molar-refractivity contribution >= 4 is 40.2 Å². The lowest BCUT2D eigenvalue weighted by atomic mass is 10.5. The van der Waals surface area contributed by atoms with Crippen LogP contribution in [0.2, 0.25) is 0 Å². The first-order valence-corrected chi connectivity index (χ1v) is 15.5. The average Bonchev–Trinajstić information content (AvgIpc) is 2.51. The number of hydrogen-bond donors (Lipinski definition) is 6. The molecule has 0 aromatic rings. The van der Waals surface area contributed by atoms with Gasteiger partial charge in [0.05, 0.1) is 11.4 Å². The first kappa shape index (κ1) is 21.3. The molecule has 1 spiro atoms. The smallest absolute Gasteiger partial charge is 0.141 e. The molecule has 24 heavy (non-hydrogen) atoms. The molecule has 0 aliphatic carbocycles. The quantitative estimate of drug-likeness (QED) is 0.280. The summed E-state index contributed by atoms with van der Waals surface area (Å²) < 4.78 is 7.39. The summed E-state index contributed by atoms with van der Waals surface area (Å²) in [7, 11) is -1.79. The minimum absolute atomic E-state index is 0.873. The Kier molecular flexibility index (Phi) is 8.26. The Bertz CT molecular complexity index is 439. The lowest BCUT2D eigenvalue weighted by molar-refractivity contribution is 0.527. The minimum atomic E-state index is -2.07. The van der Waals surface area contributed by atoms with E-state index in [9.17, 15) is 0 Å². The topological polar surface area (TPSA) is 87.8 Å². The molecule has 140 valence electrons. The SMILES string of the molecule is CC=N[P+]1(NCC)N[P+](NCC)(NCC)N[P+]2(N1)SCCCN2C. The molecule has 2 rings (SSSR count). The van der Waals surface area contributed by atoms with Gasteiger partial charge in [-0.05, 0) is 34.1 Å². The number of nitrogens with one attached hydrogen (secondary N) is 6. The van der Waals surface area contributed by atoms with Crippen LogP contribution in [0.4, 0.5) is 0 Å². The zero-order chi connectivity index (χ0) is 17.7. The van der Waals surface area contributed by atoms with E-state index in [0.717, 1.165) is 26.2 Å². The fourth-order valence-corrected chi connectivity index (χ4v) is 21.6. The molecular formula is C12H34N8P3S+3. The Balaban J connectivity index is 2.45. The standard InChI is InChI=1S/C12H34N8P3S/c1-6-13-21(14-7-2)17-22(15-8-3,16-9-4)19-23(18-21)20(5)11-10-12-24-23/h6,14-19H,7-12H2,1-5H3/q+3. The maximum atomic E-state index is 4.90. The van der Waals surface area contributed by atoms with Crippen LogP contribution in [0.5, 0.6) is 0 Å². The molecule has 6 N–H and O–H groups in total. The van der Waals surface area contributed by atoms with E-state index in [0.29, 0.717) is 0 Å². The summed E-state index contributed by atoms with van der Waals surface area (Å²) in [6.07, 6.45) is 3.15. The second-order valence-electron chi connectivity index (χ2n) is 5.66. The van der Waals surface area contributed by atoms with Crippen LogP contribution in [0.1, 0.15) is 34.1 Å². The molecule has 2 aliphatic rings. The van der Waals surface area contributed by atoms with Gasteiger partial charge in [0.25, 0.3) is 0 Å². The molecule has 8 nitrogen and oxygen atoms in total. The lowest BCUT2D eigenvalue weighted by Crippen LogP contribution is -2.57. The van der Waals surface area contributed by atoms with Crippen molar-refractivity contribution in [2.75, 3.05) is 39.0 Å². The Morgan fingerprint density at radius 1 is 1.08 bits per heavy atom. The molecule has 2 heterocycles. The molecule has 2 saturated heterocycles. The zero-order valence-corrected chi connectivity index (χ0v) is 19.0. The van der Waals surface area contributed by atoms with Crippen molar-refractivity contribution in [2.24, 2.45) is 4.76 Å². The van der Waals surface area contributed by atoms with Crippen LogP contribution in [0, 0.1) is 0 Å². The molecule has 0 amide bonds. The van der Waals surface area contributed by atoms with Crippen LogP contribution in [0.15, 0.2) is 4.76 Å². The Hall–Kier alpha value is 1.03. The third-order valence-corrected chi connectivity index (χ3v) is 19.5. The summed E-state index contributed by atoms with van der Waals surface area (Å²) in [4.78, 5) is 11.8. The van der Waals surface area contributed by atoms with Crippen LogP contribution < -0.4 is 29.8 Å². The van der Waals surface area contributed by atoms with Gasteiger partial charge in [0, 0.05) is 59.8 Å². The van der Waals surface area contributed by atoms with Gasteiger partial charge >= 0.3 is 22.6 Å². The summed E-state index contributed by atoms with van der Waals surface area (Å²) >= 11 is 2.04. The highest BCUT2D eigenvalue weighted by Crippen LogP contribution is 2.82. The first-order valence-electron chi connectivity index (χ1n) is 8.66. The molecule has 2 atom stereocenters. The molecule has 0 saturated carbocycles. The minimum Gasteiger partial charge on any atom is -0.141 e. The zero-order valence-electron chi connectivity index (χ0n) is 15.5. The van der Waals surface area contributed by atoms with E-state index in [4.69, 9.17) is 4.76 Å². The maximum absolute atomic E-state index is 4.90. The van der Waals surface area contributed by atoms with Crippen LogP contribution in [0.25, 0.3) is 0 Å². The predicted octanol–water partition coefficient (Wildman–Crippen LogP) is 2.79. The van der Waals surface area contributed by atoms with Crippen molar-refractivity contribution in [3.05, 3.63) is 0 Å². The van der Waals surface area contributed by atoms with Crippen molar-refractivity contribution in [3.63, 3.8) is 0 Å². The molecule has 2 unspecified atom stereocenters. The van der Waals surface area contributed by atoms with Crippen molar-refractivity contribution in [1.29, 1.82) is 0 Å². The van der Waals surface area contributed by atoms with Crippen LogP contribution in [-0.2, 0) is 0 Å². The highest BCUT2D eigenvalue weighted by molar-refractivity contribution is 8.62. The second kappa shape index (κ2) is 9.29. The van der Waals surface area contributed by atoms with Gasteiger partial charge in [0.2, 0.25) is 0 Å². The van der Waals surface area contributed by atoms with Crippen molar-refractivity contribution in [3.8, 4) is 0 Å². The highest BCUT2D eigenvalue weighted by atomic mass is 32.7. The molecule has 0 bridgehead atoms. The second-order valence-corrected chi connectivity index (χ2v) is 16.7. The van der Waals surface area contributed by atoms with Gasteiger partial charge in [-0.2, -0.15) is 0 Å². The van der Waals surface area contributed by atoms with Gasteiger partial charge in [-0.15, -0.1) is 19.9 Å². The molecule has 0 aromatic heterocycles. The van der Waals surface area contributed by atoms with E-state index in [1.54, 1.807) is 0 Å². The van der Waals surface area contributed by atoms with E-state index >= 15 is 0 Å². The summed E-state index contributed by atoms with van der Waals surface area (Å²) in [5.74, 6) is 1.18. The summed E-state index contributed by atoms with van der Waals surface area (Å²) in [5, 5.41) is 11.1. The summed E-state index contributed by atoms with van der Waals surface area (Å²) in [6, 6.07) is 0. The van der Waals surface area contributed by atoms with Gasteiger partial charge in [-0.25, -0.2) is 0 Å². The fraction of sp³-hybridized carbons (Fsp3) is 0.917. The molecule has 2 aliphatic heterocycles. The normalized spacial score (nSPS) is 34.2. The summed E-state index contributed by atoms with van der Waals surface area (Å²) in [5.41, 5.74) is 0. The number of nitrogens with zero attached hydrogens (tertiary/aromatic N) is 2. The largest absolute Gasteiger partial charge is 0.420 e. The molecule has 0 aromatic carbocycles. The third-order valence-electron chi connectivity index (χ3n) is 3.71. The van der Waals surface area contributed by atoms with Gasteiger partial charge in [0.1, 0.15) is 0 Å². The van der Waals surface area contributed by atoms with Crippen LogP contribution in [-0.4, -0.2) is 49.9 Å². The van der Waals surface area contributed by atoms with E-state index in [-0.39, 0.29) is 0 Å². The predicted molar refractivity (Wildman–Crippen MR) is 115 cm³/mol. The van der Waals surface area contributed by atoms with Crippen molar-refractivity contribution in [1.82, 2.24) is 34.5 Å². The number of hydrogen-bond acceptors (Lipinski definition) is 9. The molecule has 0 radical (unpaired) electrons. The highest BCUT2D eigenvalue weighted by Gasteiger charge is 2.74. The van der Waals surface area contributed by atoms with Crippen LogP contribution >= 0.6 is 34.0 Å². The molecule has 2 fully saturated rings. The maximum Gasteiger partial charge on any atom is 0.420 e. The fourth-order valence-electron chi connectivity index (χ4n) is 2.86. The molecular weight excluding hydrogens is 381 g/mol. The van der Waals surface area contributed by atoms with Crippen LogP contribution in [0.3, 0.4) is 0 Å². The van der Waals surface area contributed by atoms with E-state index in [2.05, 4.69) is 62.3 Å². The van der Waals surface area contributed by atoms with Gasteiger partial charge < -0.3 is 0 Å². The van der Waals surface area contributed by atoms with E-state index in [1.807, 2.05) is 24.5 Å². The van der Waals surface area contributed by atoms with Crippen molar-refractivity contribution in [2.45, 2.75) is 34.1 Å². The Labute approximate surface area is 152 Å². The lowest BCUT2D eigenvalue weighted by Gasteiger charge is -2.42. The number of rotatable bonds is 7. The average molecular weight is 415 g/mol. The van der Waals surface area contributed by atoms with Crippen molar-refractivity contribution < 1.29 is 0 Å². The Morgan fingerprint density at radius 3 is 2.29 bits per heavy atom. The first-order chi connectivity index (χ1) is 11.5. The van der Waals surface area contributed by atoms with E-state index in [1.165, 1.54) is 12.2 Å². The molecule has 12 heteroatoms. The van der Waals surface area contributed by atoms with Gasteiger partial charge in [-0.1, -0.05) is 4.76 Å². The van der Waals surface area contributed by atoms with Gasteiger partial charge in [0.15, 0.2) is 0 Å². The third kappa shape index (κ3) is 4.65. The van der Waals surface area contributed by atoms with Gasteiger partial charge in [-0.3, -0.25) is 0 Å². The summed E-state index contributed by atoms with van der Waals surface area (Å²) in [6.45, 7) is 10.5.